The lowest BCUT2D eigenvalue weighted by Crippen LogP contribution is -2.39. The predicted molar refractivity (Wildman–Crippen MR) is 92.3 cm³/mol. The van der Waals surface area contributed by atoms with Gasteiger partial charge in [-0.25, -0.2) is 0 Å². The fraction of sp³-hybridized carbons (Fsp3) is 0.556. The van der Waals surface area contributed by atoms with Crippen LogP contribution < -0.4 is 15.0 Å². The summed E-state index contributed by atoms with van der Waals surface area (Å²) in [5, 5.41) is 3.30. The number of rotatable bonds is 3. The summed E-state index contributed by atoms with van der Waals surface area (Å²) in [5.41, 5.74) is 1.82. The van der Waals surface area contributed by atoms with E-state index in [9.17, 15) is 9.59 Å². The van der Waals surface area contributed by atoms with Crippen molar-refractivity contribution < 1.29 is 14.3 Å². The van der Waals surface area contributed by atoms with Crippen LogP contribution in [0, 0.1) is 12.8 Å². The van der Waals surface area contributed by atoms with Gasteiger partial charge in [-0.05, 0) is 37.6 Å². The lowest BCUT2D eigenvalue weighted by atomic mass is 10.1. The van der Waals surface area contributed by atoms with Gasteiger partial charge in [0.15, 0.2) is 0 Å². The Labute approximate surface area is 142 Å². The minimum absolute atomic E-state index is 0.00908. The highest BCUT2D eigenvalue weighted by Gasteiger charge is 2.38. The number of carbonyl (C=O) groups is 2. The van der Waals surface area contributed by atoms with Gasteiger partial charge in [-0.3, -0.25) is 9.59 Å². The second kappa shape index (κ2) is 7.21. The number of carbonyl (C=O) groups excluding carboxylic acids is 2. The number of hydrogen-bond acceptors (Lipinski definition) is 4. The molecule has 1 aromatic rings. The van der Waals surface area contributed by atoms with Crippen LogP contribution in [0.15, 0.2) is 18.2 Å². The van der Waals surface area contributed by atoms with Crippen LogP contribution in [-0.2, 0) is 9.59 Å². The fourth-order valence-corrected chi connectivity index (χ4v) is 3.44. The Morgan fingerprint density at radius 1 is 1.29 bits per heavy atom. The van der Waals surface area contributed by atoms with Crippen molar-refractivity contribution >= 4 is 17.5 Å². The molecule has 2 fully saturated rings. The predicted octanol–water partition coefficient (Wildman–Crippen LogP) is 1.18. The van der Waals surface area contributed by atoms with Crippen molar-refractivity contribution in [3.05, 3.63) is 23.8 Å². The van der Waals surface area contributed by atoms with Crippen molar-refractivity contribution in [2.45, 2.75) is 19.8 Å². The number of nitrogens with zero attached hydrogens (tertiary/aromatic N) is 2. The average Bonchev–Trinajstić information content (AvgIpc) is 2.79. The number of anilines is 1. The van der Waals surface area contributed by atoms with Gasteiger partial charge in [0, 0.05) is 32.6 Å². The zero-order chi connectivity index (χ0) is 17.1. The third-order valence-corrected chi connectivity index (χ3v) is 4.75. The SMILES string of the molecule is COc1ccc(C)cc1N1CC(C(=O)N2CCCNCC2)CC1=O. The zero-order valence-corrected chi connectivity index (χ0v) is 14.4. The van der Waals surface area contributed by atoms with Gasteiger partial charge in [0.2, 0.25) is 11.8 Å². The summed E-state index contributed by atoms with van der Waals surface area (Å²) >= 11 is 0. The first-order valence-electron chi connectivity index (χ1n) is 8.54. The highest BCUT2D eigenvalue weighted by molar-refractivity contribution is 6.01. The number of aryl methyl sites for hydroxylation is 1. The van der Waals surface area contributed by atoms with E-state index >= 15 is 0 Å². The summed E-state index contributed by atoms with van der Waals surface area (Å²) < 4.78 is 5.39. The molecular weight excluding hydrogens is 306 g/mol. The molecule has 0 spiro atoms. The molecule has 24 heavy (non-hydrogen) atoms. The molecule has 2 saturated heterocycles. The number of hydrogen-bond donors (Lipinski definition) is 1. The van der Waals surface area contributed by atoms with E-state index < -0.39 is 0 Å². The second-order valence-corrected chi connectivity index (χ2v) is 6.51. The molecule has 1 aromatic carbocycles. The van der Waals surface area contributed by atoms with Crippen molar-refractivity contribution in [3.8, 4) is 5.75 Å². The first-order valence-corrected chi connectivity index (χ1v) is 8.54. The Morgan fingerprint density at radius 2 is 2.12 bits per heavy atom. The summed E-state index contributed by atoms with van der Waals surface area (Å²) in [6.45, 7) is 5.67. The molecule has 0 saturated carbocycles. The largest absolute Gasteiger partial charge is 0.495 e. The minimum atomic E-state index is -0.263. The van der Waals surface area contributed by atoms with Crippen LogP contribution in [0.3, 0.4) is 0 Å². The minimum Gasteiger partial charge on any atom is -0.495 e. The smallest absolute Gasteiger partial charge is 0.228 e. The van der Waals surface area contributed by atoms with Crippen LogP contribution in [0.5, 0.6) is 5.75 Å². The molecule has 2 aliphatic rings. The molecule has 2 aliphatic heterocycles. The van der Waals surface area contributed by atoms with Crippen LogP contribution >= 0.6 is 0 Å². The van der Waals surface area contributed by atoms with Crippen LogP contribution in [-0.4, -0.2) is 56.5 Å². The van der Waals surface area contributed by atoms with Crippen molar-refractivity contribution in [2.75, 3.05) is 44.7 Å². The van der Waals surface area contributed by atoms with Crippen LogP contribution in [0.1, 0.15) is 18.4 Å². The Bertz CT molecular complexity index is 624. The number of amides is 2. The van der Waals surface area contributed by atoms with Crippen LogP contribution in [0.2, 0.25) is 0 Å². The van der Waals surface area contributed by atoms with Gasteiger partial charge in [-0.15, -0.1) is 0 Å². The summed E-state index contributed by atoms with van der Waals surface area (Å²) in [5.74, 6) is 0.494. The molecule has 1 unspecified atom stereocenters. The van der Waals surface area contributed by atoms with Crippen molar-refractivity contribution in [1.29, 1.82) is 0 Å². The van der Waals surface area contributed by atoms with Gasteiger partial charge >= 0.3 is 0 Å². The van der Waals surface area contributed by atoms with Crippen molar-refractivity contribution in [3.63, 3.8) is 0 Å². The van der Waals surface area contributed by atoms with Gasteiger partial charge in [0.1, 0.15) is 5.75 Å². The quantitative estimate of drug-likeness (QED) is 0.903. The summed E-state index contributed by atoms with van der Waals surface area (Å²) in [6.07, 6.45) is 1.24. The lowest BCUT2D eigenvalue weighted by molar-refractivity contribution is -0.135. The molecule has 1 N–H and O–H groups in total. The number of ether oxygens (including phenoxy) is 1. The second-order valence-electron chi connectivity index (χ2n) is 6.51. The number of methoxy groups -OCH3 is 1. The van der Waals surface area contributed by atoms with E-state index in [-0.39, 0.29) is 24.2 Å². The van der Waals surface area contributed by atoms with E-state index in [0.717, 1.165) is 43.9 Å². The number of nitrogens with one attached hydrogen (secondary N) is 1. The Balaban J connectivity index is 1.76. The van der Waals surface area contributed by atoms with E-state index in [4.69, 9.17) is 4.74 Å². The van der Waals surface area contributed by atoms with Crippen molar-refractivity contribution in [1.82, 2.24) is 10.2 Å². The number of benzene rings is 1. The molecule has 0 aromatic heterocycles. The van der Waals surface area contributed by atoms with Gasteiger partial charge in [-0.1, -0.05) is 6.07 Å². The average molecular weight is 331 g/mol. The van der Waals surface area contributed by atoms with E-state index in [1.165, 1.54) is 0 Å². The molecule has 2 amide bonds. The molecule has 0 bridgehead atoms. The van der Waals surface area contributed by atoms with Gasteiger partial charge in [0.25, 0.3) is 0 Å². The molecule has 6 heteroatoms. The monoisotopic (exact) mass is 331 g/mol. The topological polar surface area (TPSA) is 61.9 Å². The molecule has 0 aliphatic carbocycles. The lowest BCUT2D eigenvalue weighted by Gasteiger charge is -2.24. The summed E-state index contributed by atoms with van der Waals surface area (Å²) in [4.78, 5) is 28.9. The zero-order valence-electron chi connectivity index (χ0n) is 14.4. The fourth-order valence-electron chi connectivity index (χ4n) is 3.44. The summed E-state index contributed by atoms with van der Waals surface area (Å²) in [7, 11) is 1.60. The Kier molecular flexibility index (Phi) is 5.04. The first-order chi connectivity index (χ1) is 11.6. The first kappa shape index (κ1) is 16.8. The third kappa shape index (κ3) is 3.38. The van der Waals surface area contributed by atoms with Crippen LogP contribution in [0.4, 0.5) is 5.69 Å². The van der Waals surface area contributed by atoms with E-state index in [1.54, 1.807) is 12.0 Å². The molecule has 3 rings (SSSR count). The van der Waals surface area contributed by atoms with E-state index in [1.807, 2.05) is 30.0 Å². The molecule has 2 heterocycles. The van der Waals surface area contributed by atoms with E-state index in [0.29, 0.717) is 12.3 Å². The van der Waals surface area contributed by atoms with Gasteiger partial charge in [0.05, 0.1) is 18.7 Å². The summed E-state index contributed by atoms with van der Waals surface area (Å²) in [6, 6.07) is 5.77. The maximum atomic E-state index is 12.8. The standard InChI is InChI=1S/C18H25N3O3/c1-13-4-5-16(24-2)15(10-13)21-12-14(11-17(21)22)18(23)20-8-3-6-19-7-9-20/h4-5,10,14,19H,3,6-9,11-12H2,1-2H3. The molecule has 1 atom stereocenters. The van der Waals surface area contributed by atoms with E-state index in [2.05, 4.69) is 5.32 Å². The highest BCUT2D eigenvalue weighted by Crippen LogP contribution is 2.34. The van der Waals surface area contributed by atoms with Crippen molar-refractivity contribution in [2.24, 2.45) is 5.92 Å². The maximum absolute atomic E-state index is 12.8. The van der Waals surface area contributed by atoms with Gasteiger partial charge < -0.3 is 19.9 Å². The third-order valence-electron chi connectivity index (χ3n) is 4.75. The Morgan fingerprint density at radius 3 is 2.92 bits per heavy atom. The Hall–Kier alpha value is -2.08. The highest BCUT2D eigenvalue weighted by atomic mass is 16.5. The molecule has 6 nitrogen and oxygen atoms in total. The molecule has 130 valence electrons. The molecular formula is C18H25N3O3. The van der Waals surface area contributed by atoms with Gasteiger partial charge in [-0.2, -0.15) is 0 Å². The molecule has 0 radical (unpaired) electrons. The normalized spacial score (nSPS) is 21.8. The maximum Gasteiger partial charge on any atom is 0.228 e. The van der Waals surface area contributed by atoms with Crippen LogP contribution in [0.25, 0.3) is 0 Å².